The van der Waals surface area contributed by atoms with E-state index in [-0.39, 0.29) is 35.9 Å². The van der Waals surface area contributed by atoms with Gasteiger partial charge in [0.05, 0.1) is 6.85 Å². The Balaban J connectivity index is 2.41. The summed E-state index contributed by atoms with van der Waals surface area (Å²) in [4.78, 5) is 4.22. The fraction of sp³-hybridized carbons (Fsp3) is 0.300. The van der Waals surface area contributed by atoms with Crippen molar-refractivity contribution in [2.75, 3.05) is 17.6 Å². The van der Waals surface area contributed by atoms with E-state index < -0.39 is 0 Å². The fourth-order valence-electron chi connectivity index (χ4n) is 0.955. The SMILES string of the molecule is [2H]c1c([2H])c([2H])c(NC2=NCCCS2)c([2H])c1[2H]. The van der Waals surface area contributed by atoms with E-state index in [1.165, 1.54) is 11.8 Å². The van der Waals surface area contributed by atoms with E-state index in [2.05, 4.69) is 10.3 Å². The minimum atomic E-state index is -0.381. The van der Waals surface area contributed by atoms with Gasteiger partial charge in [-0.15, -0.1) is 0 Å². The van der Waals surface area contributed by atoms with Gasteiger partial charge in [-0.25, -0.2) is 0 Å². The van der Waals surface area contributed by atoms with Gasteiger partial charge in [-0.05, 0) is 18.5 Å². The van der Waals surface area contributed by atoms with Crippen molar-refractivity contribution >= 4 is 22.6 Å². The second-order valence-corrected chi connectivity index (χ2v) is 3.60. The molecule has 0 spiro atoms. The number of aliphatic imine (C=N–C) groups is 1. The lowest BCUT2D eigenvalue weighted by atomic mass is 10.3. The summed E-state index contributed by atoms with van der Waals surface area (Å²) >= 11 is 1.49. The Bertz CT molecular complexity index is 488. The number of anilines is 1. The average molecular weight is 197 g/mol. The standard InChI is InChI=1S/C10H12N2S/c1-2-5-9(6-3-1)12-10-11-7-4-8-13-10/h1-3,5-6H,4,7-8H2,(H,11,12)/i1D,2D,3D,5D,6D. The second kappa shape index (κ2) is 4.33. The highest BCUT2D eigenvalue weighted by atomic mass is 32.2. The Hall–Kier alpha value is -0.960. The molecule has 1 aromatic rings. The van der Waals surface area contributed by atoms with Crippen LogP contribution in [0.2, 0.25) is 0 Å². The maximum absolute atomic E-state index is 7.75. The molecule has 3 heteroatoms. The Morgan fingerprint density at radius 2 is 2.23 bits per heavy atom. The highest BCUT2D eigenvalue weighted by Gasteiger charge is 2.04. The summed E-state index contributed by atoms with van der Waals surface area (Å²) in [6.45, 7) is 0.702. The van der Waals surface area contributed by atoms with E-state index in [1.54, 1.807) is 0 Å². The van der Waals surface area contributed by atoms with Crippen LogP contribution in [0.15, 0.2) is 35.2 Å². The number of hydrogen-bond acceptors (Lipinski definition) is 3. The zero-order chi connectivity index (χ0) is 13.3. The Kier molecular flexibility index (Phi) is 1.50. The number of nitrogens with one attached hydrogen (secondary N) is 1. The minimum absolute atomic E-state index is 0.0918. The monoisotopic (exact) mass is 197 g/mol. The molecule has 0 amide bonds. The zero-order valence-electron chi connectivity index (χ0n) is 12.0. The maximum atomic E-state index is 7.75. The number of nitrogens with zero attached hydrogens (tertiary/aromatic N) is 1. The van der Waals surface area contributed by atoms with Crippen molar-refractivity contribution in [1.29, 1.82) is 0 Å². The highest BCUT2D eigenvalue weighted by molar-refractivity contribution is 8.14. The molecule has 1 N–H and O–H groups in total. The van der Waals surface area contributed by atoms with Crippen LogP contribution < -0.4 is 5.32 Å². The molecule has 68 valence electrons. The lowest BCUT2D eigenvalue weighted by Gasteiger charge is -2.12. The summed E-state index contributed by atoms with van der Waals surface area (Å²) in [6, 6.07) is -1.50. The van der Waals surface area contributed by atoms with Crippen LogP contribution >= 0.6 is 11.8 Å². The molecule has 0 fully saturated rings. The summed E-state index contributed by atoms with van der Waals surface area (Å²) in [6.07, 6.45) is 0.996. The first kappa shape index (κ1) is 4.51. The van der Waals surface area contributed by atoms with Gasteiger partial charge in [0, 0.05) is 18.0 Å². The van der Waals surface area contributed by atoms with Crippen molar-refractivity contribution in [3.63, 3.8) is 0 Å². The summed E-state index contributed by atoms with van der Waals surface area (Å²) in [5.74, 6) is 0.921. The van der Waals surface area contributed by atoms with E-state index >= 15 is 0 Å². The molecule has 2 rings (SSSR count). The first-order valence-corrected chi connectivity index (χ1v) is 5.02. The first-order valence-electron chi connectivity index (χ1n) is 6.53. The Morgan fingerprint density at radius 1 is 1.38 bits per heavy atom. The van der Waals surface area contributed by atoms with E-state index in [9.17, 15) is 0 Å². The van der Waals surface area contributed by atoms with Crippen molar-refractivity contribution in [2.24, 2.45) is 4.99 Å². The molecule has 0 bridgehead atoms. The number of hydrogen-bond donors (Lipinski definition) is 1. The van der Waals surface area contributed by atoms with Gasteiger partial charge in [0.15, 0.2) is 5.17 Å². The molecule has 0 atom stereocenters. The van der Waals surface area contributed by atoms with E-state index in [4.69, 9.17) is 6.85 Å². The van der Waals surface area contributed by atoms with Crippen LogP contribution in [0.3, 0.4) is 0 Å². The molecule has 0 unspecified atom stereocenters. The average Bonchev–Trinajstić information content (AvgIpc) is 2.40. The van der Waals surface area contributed by atoms with Gasteiger partial charge < -0.3 is 5.32 Å². The third-order valence-corrected chi connectivity index (χ3v) is 2.53. The van der Waals surface area contributed by atoms with E-state index in [0.29, 0.717) is 11.7 Å². The van der Waals surface area contributed by atoms with Crippen LogP contribution in [0, 0.1) is 0 Å². The van der Waals surface area contributed by atoms with Crippen LogP contribution in [-0.4, -0.2) is 17.5 Å². The van der Waals surface area contributed by atoms with Crippen LogP contribution in [0.25, 0.3) is 0 Å². The highest BCUT2D eigenvalue weighted by Crippen LogP contribution is 2.15. The molecule has 0 saturated heterocycles. The summed E-state index contributed by atoms with van der Waals surface area (Å²) in [5, 5.41) is 3.45. The third-order valence-electron chi connectivity index (χ3n) is 1.53. The Morgan fingerprint density at radius 3 is 2.92 bits per heavy atom. The molecule has 0 aromatic heterocycles. The predicted molar refractivity (Wildman–Crippen MR) is 59.4 cm³/mol. The minimum Gasteiger partial charge on any atom is -0.335 e. The van der Waals surface area contributed by atoms with Gasteiger partial charge in [0.25, 0.3) is 0 Å². The molecule has 1 aliphatic heterocycles. The van der Waals surface area contributed by atoms with Crippen LogP contribution in [0.5, 0.6) is 0 Å². The molecular weight excluding hydrogens is 180 g/mol. The van der Waals surface area contributed by atoms with Gasteiger partial charge in [0.2, 0.25) is 0 Å². The molecule has 0 radical (unpaired) electrons. The molecule has 13 heavy (non-hydrogen) atoms. The zero-order valence-corrected chi connectivity index (χ0v) is 7.79. The lowest BCUT2D eigenvalue weighted by Crippen LogP contribution is -2.13. The van der Waals surface area contributed by atoms with Gasteiger partial charge >= 0.3 is 0 Å². The van der Waals surface area contributed by atoms with Crippen molar-refractivity contribution in [3.05, 3.63) is 30.2 Å². The van der Waals surface area contributed by atoms with E-state index in [0.717, 1.165) is 12.2 Å². The largest absolute Gasteiger partial charge is 0.335 e. The van der Waals surface area contributed by atoms with Crippen molar-refractivity contribution < 1.29 is 6.85 Å². The third kappa shape index (κ3) is 2.49. The number of amidine groups is 1. The van der Waals surface area contributed by atoms with Gasteiger partial charge in [-0.3, -0.25) is 4.99 Å². The maximum Gasteiger partial charge on any atom is 0.161 e. The van der Waals surface area contributed by atoms with Crippen LogP contribution in [-0.2, 0) is 0 Å². The van der Waals surface area contributed by atoms with Crippen molar-refractivity contribution in [2.45, 2.75) is 6.42 Å². The number of benzene rings is 1. The number of thioether (sulfide) groups is 1. The molecule has 2 nitrogen and oxygen atoms in total. The molecule has 0 aliphatic carbocycles. The number of para-hydroxylation sites is 1. The first-order chi connectivity index (χ1) is 8.52. The molecule has 1 heterocycles. The molecule has 1 aliphatic rings. The molecule has 1 aromatic carbocycles. The fourth-order valence-corrected chi connectivity index (χ4v) is 1.78. The van der Waals surface area contributed by atoms with E-state index in [1.807, 2.05) is 0 Å². The topological polar surface area (TPSA) is 24.4 Å². The van der Waals surface area contributed by atoms with Gasteiger partial charge in [-0.2, -0.15) is 0 Å². The molecule has 0 saturated carbocycles. The quantitative estimate of drug-likeness (QED) is 0.748. The normalized spacial score (nSPS) is 21.8. The predicted octanol–water partition coefficient (Wildman–Crippen LogP) is 2.59. The molecular formula is C10H12N2S. The Labute approximate surface area is 89.5 Å². The van der Waals surface area contributed by atoms with Crippen molar-refractivity contribution in [3.8, 4) is 0 Å². The van der Waals surface area contributed by atoms with Gasteiger partial charge in [-0.1, -0.05) is 29.9 Å². The lowest BCUT2D eigenvalue weighted by molar-refractivity contribution is 0.938. The smallest absolute Gasteiger partial charge is 0.161 e. The van der Waals surface area contributed by atoms with Crippen molar-refractivity contribution in [1.82, 2.24) is 0 Å². The van der Waals surface area contributed by atoms with Crippen LogP contribution in [0.1, 0.15) is 13.3 Å². The summed E-state index contributed by atoms with van der Waals surface area (Å²) < 4.78 is 38.1. The summed E-state index contributed by atoms with van der Waals surface area (Å²) in [7, 11) is 0. The summed E-state index contributed by atoms with van der Waals surface area (Å²) in [5.41, 5.74) is 0.0918. The van der Waals surface area contributed by atoms with Gasteiger partial charge in [0.1, 0.15) is 0 Å². The number of rotatable bonds is 1. The second-order valence-electron chi connectivity index (χ2n) is 2.51. The van der Waals surface area contributed by atoms with Crippen LogP contribution in [0.4, 0.5) is 5.69 Å².